The van der Waals surface area contributed by atoms with Crippen LogP contribution in [-0.2, 0) is 4.79 Å². The van der Waals surface area contributed by atoms with E-state index in [1.54, 1.807) is 16.8 Å². The highest BCUT2D eigenvalue weighted by molar-refractivity contribution is 6.30. The van der Waals surface area contributed by atoms with Gasteiger partial charge in [-0.05, 0) is 50.2 Å². The topological polar surface area (TPSA) is 85.0 Å². The molecule has 0 saturated heterocycles. The van der Waals surface area contributed by atoms with Crippen molar-refractivity contribution in [2.24, 2.45) is 0 Å². The predicted octanol–water partition coefficient (Wildman–Crippen LogP) is 5.43. The summed E-state index contributed by atoms with van der Waals surface area (Å²) in [6, 6.07) is 19.8. The Bertz CT molecular complexity index is 1340. The largest absolute Gasteiger partial charge is 0.464 e. The van der Waals surface area contributed by atoms with Crippen molar-refractivity contribution in [3.05, 3.63) is 94.5 Å². The first kappa shape index (κ1) is 20.1. The first-order valence-electron chi connectivity index (χ1n) is 10.1. The molecule has 7 nitrogen and oxygen atoms in total. The number of allylic oxidation sites excluding steroid dienone is 1. The number of nitrogens with zero attached hydrogens (tertiary/aromatic N) is 3. The average Bonchev–Trinajstić information content (AvgIpc) is 3.39. The molecule has 5 rings (SSSR count). The quantitative estimate of drug-likeness (QED) is 0.437. The summed E-state index contributed by atoms with van der Waals surface area (Å²) in [5.41, 5.74) is 2.66. The second-order valence-electron chi connectivity index (χ2n) is 7.55. The minimum absolute atomic E-state index is 0.245. The van der Waals surface area contributed by atoms with Gasteiger partial charge in [0.1, 0.15) is 17.6 Å². The monoisotopic (exact) mass is 445 g/mol. The molecule has 0 aliphatic carbocycles. The van der Waals surface area contributed by atoms with Crippen LogP contribution in [0.25, 0.3) is 11.4 Å². The van der Waals surface area contributed by atoms with Crippen LogP contribution >= 0.6 is 11.6 Å². The molecule has 160 valence electrons. The molecular weight excluding hydrogens is 426 g/mol. The van der Waals surface area contributed by atoms with E-state index in [1.165, 1.54) is 0 Å². The SMILES string of the molecule is CC1=C(C(=O)Nc2ccccc2)C(c2ccc(C)o2)n2nc(-c3cccc(Cl)c3)nc2N1. The third kappa shape index (κ3) is 3.67. The number of aryl methyl sites for hydroxylation is 1. The van der Waals surface area contributed by atoms with Gasteiger partial charge in [-0.25, -0.2) is 4.68 Å². The molecule has 2 aromatic carbocycles. The fourth-order valence-electron chi connectivity index (χ4n) is 3.78. The molecule has 0 saturated carbocycles. The van der Waals surface area contributed by atoms with Gasteiger partial charge in [0.05, 0.1) is 5.57 Å². The highest BCUT2D eigenvalue weighted by Crippen LogP contribution is 2.37. The minimum Gasteiger partial charge on any atom is -0.464 e. The number of benzene rings is 2. The smallest absolute Gasteiger partial charge is 0.256 e. The zero-order valence-electron chi connectivity index (χ0n) is 17.5. The number of amides is 1. The normalized spacial score (nSPS) is 15.3. The van der Waals surface area contributed by atoms with Crippen LogP contribution in [0.4, 0.5) is 11.6 Å². The number of carbonyl (C=O) groups is 1. The van der Waals surface area contributed by atoms with Crippen LogP contribution in [0.5, 0.6) is 0 Å². The number of furan rings is 1. The van der Waals surface area contributed by atoms with Gasteiger partial charge >= 0.3 is 0 Å². The van der Waals surface area contributed by atoms with Crippen LogP contribution in [-0.4, -0.2) is 20.7 Å². The minimum atomic E-state index is -0.580. The van der Waals surface area contributed by atoms with Crippen LogP contribution in [0.1, 0.15) is 24.5 Å². The van der Waals surface area contributed by atoms with E-state index in [0.29, 0.717) is 39.5 Å². The number of carbonyl (C=O) groups excluding carboxylic acids is 1. The number of para-hydroxylation sites is 1. The van der Waals surface area contributed by atoms with Gasteiger partial charge in [-0.2, -0.15) is 4.98 Å². The fraction of sp³-hybridized carbons (Fsp3) is 0.125. The summed E-state index contributed by atoms with van der Waals surface area (Å²) in [5.74, 6) is 2.13. The zero-order chi connectivity index (χ0) is 22.2. The van der Waals surface area contributed by atoms with Crippen LogP contribution in [0.3, 0.4) is 0 Å². The molecule has 1 atom stereocenters. The van der Waals surface area contributed by atoms with Gasteiger partial charge in [-0.3, -0.25) is 4.79 Å². The molecule has 32 heavy (non-hydrogen) atoms. The average molecular weight is 446 g/mol. The Morgan fingerprint density at radius 1 is 1.09 bits per heavy atom. The van der Waals surface area contributed by atoms with Gasteiger partial charge in [0, 0.05) is 22.0 Å². The molecule has 1 aliphatic rings. The van der Waals surface area contributed by atoms with E-state index in [0.717, 1.165) is 11.3 Å². The van der Waals surface area contributed by atoms with Crippen LogP contribution in [0.2, 0.25) is 5.02 Å². The lowest BCUT2D eigenvalue weighted by molar-refractivity contribution is -0.113. The number of nitrogens with one attached hydrogen (secondary N) is 2. The highest BCUT2D eigenvalue weighted by Gasteiger charge is 2.36. The Hall–Kier alpha value is -3.84. The number of hydrogen-bond acceptors (Lipinski definition) is 5. The highest BCUT2D eigenvalue weighted by atomic mass is 35.5. The molecule has 1 unspecified atom stereocenters. The number of rotatable bonds is 4. The maximum atomic E-state index is 13.4. The summed E-state index contributed by atoms with van der Waals surface area (Å²) in [4.78, 5) is 18.0. The van der Waals surface area contributed by atoms with Crippen molar-refractivity contribution in [3.63, 3.8) is 0 Å². The Balaban J connectivity index is 1.60. The third-order valence-electron chi connectivity index (χ3n) is 5.24. The van der Waals surface area contributed by atoms with Crippen LogP contribution in [0, 0.1) is 6.92 Å². The van der Waals surface area contributed by atoms with Crippen molar-refractivity contribution in [1.82, 2.24) is 14.8 Å². The van der Waals surface area contributed by atoms with Gasteiger partial charge in [0.25, 0.3) is 5.91 Å². The van der Waals surface area contributed by atoms with Crippen LogP contribution < -0.4 is 10.6 Å². The summed E-state index contributed by atoms with van der Waals surface area (Å²) in [5, 5.41) is 11.5. The van der Waals surface area contributed by atoms with Gasteiger partial charge in [-0.15, -0.1) is 5.10 Å². The van der Waals surface area contributed by atoms with Gasteiger partial charge < -0.3 is 15.1 Å². The van der Waals surface area contributed by atoms with Gasteiger partial charge in [-0.1, -0.05) is 41.9 Å². The molecule has 1 aliphatic heterocycles. The maximum Gasteiger partial charge on any atom is 0.256 e. The number of hydrogen-bond donors (Lipinski definition) is 2. The van der Waals surface area contributed by atoms with Crippen molar-refractivity contribution < 1.29 is 9.21 Å². The molecule has 4 aromatic rings. The second-order valence-corrected chi connectivity index (χ2v) is 7.99. The Labute approximate surface area is 189 Å². The van der Waals surface area contributed by atoms with E-state index >= 15 is 0 Å². The first-order valence-corrected chi connectivity index (χ1v) is 10.5. The molecule has 2 N–H and O–H groups in total. The maximum absolute atomic E-state index is 13.4. The standard InChI is InChI=1S/C24H20ClN5O2/c1-14-11-12-19(32-14)21-20(23(31)27-18-9-4-3-5-10-18)15(2)26-24-28-22(29-30(21)24)16-7-6-8-17(25)13-16/h3-13,21H,1-2H3,(H,27,31)(H,26,28,29). The van der Waals surface area contributed by atoms with E-state index in [4.69, 9.17) is 21.1 Å². The predicted molar refractivity (Wildman–Crippen MR) is 123 cm³/mol. The van der Waals surface area contributed by atoms with Crippen molar-refractivity contribution in [2.45, 2.75) is 19.9 Å². The number of anilines is 2. The van der Waals surface area contributed by atoms with Crippen molar-refractivity contribution in [1.29, 1.82) is 0 Å². The summed E-state index contributed by atoms with van der Waals surface area (Å²) in [6.07, 6.45) is 0. The fourth-order valence-corrected chi connectivity index (χ4v) is 3.97. The summed E-state index contributed by atoms with van der Waals surface area (Å²) in [7, 11) is 0. The lowest BCUT2D eigenvalue weighted by Crippen LogP contribution is -2.31. The molecular formula is C24H20ClN5O2. The summed E-state index contributed by atoms with van der Waals surface area (Å²) >= 11 is 6.16. The lowest BCUT2D eigenvalue weighted by atomic mass is 10.00. The van der Waals surface area contributed by atoms with E-state index in [9.17, 15) is 4.79 Å². The number of halogens is 1. The molecule has 0 radical (unpaired) electrons. The number of aromatic nitrogens is 3. The third-order valence-corrected chi connectivity index (χ3v) is 5.48. The van der Waals surface area contributed by atoms with E-state index in [-0.39, 0.29) is 5.91 Å². The second kappa shape index (κ2) is 8.01. The molecule has 0 spiro atoms. The zero-order valence-corrected chi connectivity index (χ0v) is 18.2. The van der Waals surface area contributed by atoms with E-state index < -0.39 is 6.04 Å². The Morgan fingerprint density at radius 3 is 2.62 bits per heavy atom. The molecule has 1 amide bonds. The van der Waals surface area contributed by atoms with Gasteiger partial charge in [0.2, 0.25) is 5.95 Å². The summed E-state index contributed by atoms with van der Waals surface area (Å²) < 4.78 is 7.62. The van der Waals surface area contributed by atoms with Crippen LogP contribution in [0.15, 0.2) is 82.4 Å². The molecule has 8 heteroatoms. The van der Waals surface area contributed by atoms with Crippen molar-refractivity contribution in [3.8, 4) is 11.4 Å². The van der Waals surface area contributed by atoms with Crippen molar-refractivity contribution >= 4 is 29.1 Å². The first-order chi connectivity index (χ1) is 15.5. The Kier molecular flexibility index (Phi) is 5.03. The molecule has 0 fully saturated rings. The van der Waals surface area contributed by atoms with E-state index in [1.807, 2.05) is 68.4 Å². The van der Waals surface area contributed by atoms with Gasteiger partial charge in [0.15, 0.2) is 5.82 Å². The number of fused-ring (bicyclic) bond motifs is 1. The van der Waals surface area contributed by atoms with Crippen molar-refractivity contribution in [2.75, 3.05) is 10.6 Å². The van der Waals surface area contributed by atoms with E-state index in [2.05, 4.69) is 15.6 Å². The lowest BCUT2D eigenvalue weighted by Gasteiger charge is -2.27. The summed E-state index contributed by atoms with van der Waals surface area (Å²) in [6.45, 7) is 3.71. The Morgan fingerprint density at radius 2 is 1.91 bits per heavy atom. The molecule has 2 aromatic heterocycles. The molecule has 3 heterocycles. The molecule has 0 bridgehead atoms.